The number of Topliss-reactive ketones (excluding diaryl/α,β-unsaturated/α-hetero) is 4. The summed E-state index contributed by atoms with van der Waals surface area (Å²) in [6, 6.07) is 56.5. The number of benzene rings is 6. The van der Waals surface area contributed by atoms with Gasteiger partial charge in [-0.1, -0.05) is 282 Å². The van der Waals surface area contributed by atoms with E-state index in [1.165, 1.54) is 75.8 Å². The minimum absolute atomic E-state index is 0.0451. The van der Waals surface area contributed by atoms with Crippen molar-refractivity contribution in [1.82, 2.24) is 0 Å². The second-order valence-corrected chi connectivity index (χ2v) is 27.9. The van der Waals surface area contributed by atoms with Gasteiger partial charge >= 0.3 is 0 Å². The van der Waals surface area contributed by atoms with Gasteiger partial charge in [-0.15, -0.1) is 11.8 Å². The Kier molecular flexibility index (Phi) is 49.3. The van der Waals surface area contributed by atoms with Gasteiger partial charge in [-0.3, -0.25) is 19.2 Å². The standard InChI is InChI=1S/C15H22O.C15H18.C14H26O.C11H14O2.C11H16S.C10H14.C8H16O/c1-13(2)15(16)12-8-4-7-11-14-9-5-3-6-10-14;1-12(2)7-8-13-9-10-14-5-3-4-6-15(14)11-13;1-6-12(4)8-7-9-13(5)10-14(15)11(2)3;1-9(2)11(12)8-13-10-6-4-3-5-7-10;1-10(2)8-9-12-11-6-4-3-5-7-11;1-9(2)8-10-6-4-3-5-7-10;1-5-7(4)8(9)6(2)3/h3,5-6,9-10,13H,4,7-8,11-12H2,1-2H3;3-6,9-12H,7-8H2,1-2H3;8,11,13H,6-7,9-10H2,1-5H3;3-7,9H,8H2,1-2H3;3-7,10H,8-9H2,1-2H3;3-7,9H,8H2,1-2H3;6-7H,5H2,1-4H3/b;;12-8+;;;;. The van der Waals surface area contributed by atoms with Crippen LogP contribution in [-0.4, -0.2) is 35.5 Å². The molecule has 2 unspecified atom stereocenters. The van der Waals surface area contributed by atoms with E-state index in [9.17, 15) is 19.2 Å². The van der Waals surface area contributed by atoms with Gasteiger partial charge in [0.15, 0.2) is 5.78 Å². The summed E-state index contributed by atoms with van der Waals surface area (Å²) in [6.45, 7) is 39.9. The van der Waals surface area contributed by atoms with Gasteiger partial charge in [-0.05, 0) is 159 Å². The minimum atomic E-state index is 0.0451. The maximum atomic E-state index is 11.5. The number of allylic oxidation sites excluding steroid dienone is 2. The lowest BCUT2D eigenvalue weighted by molar-refractivity contribution is -0.125. The van der Waals surface area contributed by atoms with Crippen LogP contribution >= 0.6 is 11.8 Å². The molecule has 0 aliphatic carbocycles. The Balaban J connectivity index is 0.00000103. The van der Waals surface area contributed by atoms with Crippen LogP contribution in [0.5, 0.6) is 5.75 Å². The zero-order chi connectivity index (χ0) is 67.7. The van der Waals surface area contributed by atoms with Crippen molar-refractivity contribution < 1.29 is 23.9 Å². The van der Waals surface area contributed by atoms with E-state index in [2.05, 4.69) is 196 Å². The lowest BCUT2D eigenvalue weighted by atomic mass is 9.94. The van der Waals surface area contributed by atoms with E-state index in [1.54, 1.807) is 0 Å². The molecule has 0 saturated heterocycles. The van der Waals surface area contributed by atoms with Gasteiger partial charge in [0.2, 0.25) is 0 Å². The number of hydrogen-bond acceptors (Lipinski definition) is 6. The molecule has 0 saturated carbocycles. The fourth-order valence-electron chi connectivity index (χ4n) is 8.65. The molecule has 0 aromatic heterocycles. The molecule has 0 heterocycles. The van der Waals surface area contributed by atoms with Crippen LogP contribution in [0.2, 0.25) is 0 Å². The number of unbranched alkanes of at least 4 members (excludes halogenated alkanes) is 2. The SMILES string of the molecule is CC(C)C(=O)CCCCCc1ccccc1.CC(C)C(=O)COc1ccccc1.CC(C)CCSc1ccccc1.CC(C)CCc1ccc2ccccc2c1.CC(C)Cc1ccccc1.CC/C(C)=C/CCC(C)CC(=O)C(C)C.CCC(C)C(=O)C(C)C. The number of carbonyl (C=O) groups is 4. The number of hydrogen-bond donors (Lipinski definition) is 0. The number of rotatable bonds is 30. The Morgan fingerprint density at radius 2 is 0.978 bits per heavy atom. The summed E-state index contributed by atoms with van der Waals surface area (Å²) in [4.78, 5) is 46.5. The number of para-hydroxylation sites is 1. The third-order valence-corrected chi connectivity index (χ3v) is 16.3. The highest BCUT2D eigenvalue weighted by molar-refractivity contribution is 7.99. The summed E-state index contributed by atoms with van der Waals surface area (Å²) in [5, 5.41) is 2.70. The number of thioether (sulfide) groups is 1. The molecule has 0 bridgehead atoms. The Labute approximate surface area is 556 Å². The van der Waals surface area contributed by atoms with Crippen LogP contribution in [0.3, 0.4) is 0 Å². The average Bonchev–Trinajstić information content (AvgIpc) is 2.85. The number of ketones is 4. The van der Waals surface area contributed by atoms with Gasteiger partial charge < -0.3 is 4.74 Å². The van der Waals surface area contributed by atoms with E-state index in [0.717, 1.165) is 81.3 Å². The molecule has 6 aromatic carbocycles. The Hall–Kier alpha value is -5.85. The third-order valence-electron chi connectivity index (χ3n) is 15.2. The zero-order valence-corrected chi connectivity index (χ0v) is 60.9. The first-order valence-corrected chi connectivity index (χ1v) is 35.5. The maximum absolute atomic E-state index is 11.5. The molecule has 498 valence electrons. The van der Waals surface area contributed by atoms with Crippen LogP contribution in [0.4, 0.5) is 0 Å². The first-order chi connectivity index (χ1) is 42.8. The molecule has 0 aliphatic heterocycles. The maximum Gasteiger partial charge on any atom is 0.172 e. The molecule has 0 aliphatic rings. The minimum Gasteiger partial charge on any atom is -0.486 e. The molecule has 6 aromatic rings. The second kappa shape index (κ2) is 52.7. The predicted molar refractivity (Wildman–Crippen MR) is 395 cm³/mol. The molecule has 6 heteroatoms. The Bertz CT molecular complexity index is 2740. The zero-order valence-electron chi connectivity index (χ0n) is 60.1. The van der Waals surface area contributed by atoms with Crippen molar-refractivity contribution in [3.8, 4) is 5.75 Å². The molecular weight excluding hydrogens is 1120 g/mol. The van der Waals surface area contributed by atoms with E-state index in [0.29, 0.717) is 23.3 Å². The number of ether oxygens (including phenoxy) is 1. The summed E-state index contributed by atoms with van der Waals surface area (Å²) in [6.07, 6.45) is 17.7. The van der Waals surface area contributed by atoms with E-state index in [-0.39, 0.29) is 42.0 Å². The van der Waals surface area contributed by atoms with Crippen molar-refractivity contribution >= 4 is 45.7 Å². The average molecular weight is 1250 g/mol. The summed E-state index contributed by atoms with van der Waals surface area (Å²) < 4.78 is 5.28. The van der Waals surface area contributed by atoms with E-state index >= 15 is 0 Å². The monoisotopic (exact) mass is 1250 g/mol. The molecule has 6 rings (SSSR count). The van der Waals surface area contributed by atoms with Crippen LogP contribution in [0.1, 0.15) is 219 Å². The molecular formula is C84H126O5S. The van der Waals surface area contributed by atoms with Crippen molar-refractivity contribution in [3.63, 3.8) is 0 Å². The first kappa shape index (κ1) is 84.2. The molecule has 5 nitrogen and oxygen atoms in total. The largest absolute Gasteiger partial charge is 0.486 e. The number of carbonyl (C=O) groups excluding carboxylic acids is 4. The lowest BCUT2D eigenvalue weighted by Crippen LogP contribution is -2.16. The van der Waals surface area contributed by atoms with Crippen molar-refractivity contribution in [3.05, 3.63) is 192 Å². The van der Waals surface area contributed by atoms with Crippen LogP contribution in [0.15, 0.2) is 180 Å². The Morgan fingerprint density at radius 3 is 1.47 bits per heavy atom. The van der Waals surface area contributed by atoms with Crippen molar-refractivity contribution in [1.29, 1.82) is 0 Å². The smallest absolute Gasteiger partial charge is 0.172 e. The van der Waals surface area contributed by atoms with E-state index < -0.39 is 0 Å². The van der Waals surface area contributed by atoms with Crippen LogP contribution in [0.25, 0.3) is 10.8 Å². The van der Waals surface area contributed by atoms with Crippen molar-refractivity contribution in [2.75, 3.05) is 12.4 Å². The summed E-state index contributed by atoms with van der Waals surface area (Å²) >= 11 is 1.95. The fourth-order valence-corrected chi connectivity index (χ4v) is 9.83. The summed E-state index contributed by atoms with van der Waals surface area (Å²) in [5.74, 6) is 7.11. The van der Waals surface area contributed by atoms with Crippen molar-refractivity contribution in [2.45, 2.75) is 226 Å². The summed E-state index contributed by atoms with van der Waals surface area (Å²) in [5.41, 5.74) is 5.76. The van der Waals surface area contributed by atoms with Crippen LogP contribution < -0.4 is 4.74 Å². The van der Waals surface area contributed by atoms with Gasteiger partial charge in [-0.25, -0.2) is 0 Å². The highest BCUT2D eigenvalue weighted by atomic mass is 32.2. The second-order valence-electron chi connectivity index (χ2n) is 26.7. The topological polar surface area (TPSA) is 77.5 Å². The van der Waals surface area contributed by atoms with Gasteiger partial charge in [-0.2, -0.15) is 0 Å². The Morgan fingerprint density at radius 1 is 0.467 bits per heavy atom. The molecule has 0 N–H and O–H groups in total. The molecule has 0 radical (unpaired) electrons. The lowest BCUT2D eigenvalue weighted by Gasteiger charge is -2.11. The van der Waals surface area contributed by atoms with E-state index in [1.807, 2.05) is 117 Å². The van der Waals surface area contributed by atoms with E-state index in [4.69, 9.17) is 4.74 Å². The first-order valence-electron chi connectivity index (χ1n) is 34.5. The highest BCUT2D eigenvalue weighted by Gasteiger charge is 2.14. The summed E-state index contributed by atoms with van der Waals surface area (Å²) in [7, 11) is 0. The normalized spacial score (nSPS) is 11.6. The molecule has 0 spiro atoms. The van der Waals surface area contributed by atoms with Gasteiger partial charge in [0.05, 0.1) is 0 Å². The fraction of sp³-hybridized carbons (Fsp3) is 0.524. The molecule has 90 heavy (non-hydrogen) atoms. The van der Waals surface area contributed by atoms with Gasteiger partial charge in [0.25, 0.3) is 0 Å². The van der Waals surface area contributed by atoms with Crippen LogP contribution in [0, 0.1) is 53.3 Å². The number of fused-ring (bicyclic) bond motifs is 1. The predicted octanol–water partition coefficient (Wildman–Crippen LogP) is 24.1. The van der Waals surface area contributed by atoms with Gasteiger partial charge in [0, 0.05) is 47.3 Å². The third kappa shape index (κ3) is 46.3. The van der Waals surface area contributed by atoms with Gasteiger partial charge in [0.1, 0.15) is 29.7 Å². The molecule has 0 amide bonds. The number of aryl methyl sites for hydroxylation is 2. The highest BCUT2D eigenvalue weighted by Crippen LogP contribution is 2.21. The molecule has 2 atom stereocenters. The molecule has 0 fully saturated rings. The van der Waals surface area contributed by atoms with Crippen LogP contribution in [-0.2, 0) is 38.4 Å². The quantitative estimate of drug-likeness (QED) is 0.0254. The van der Waals surface area contributed by atoms with Crippen molar-refractivity contribution in [2.24, 2.45) is 53.3 Å².